The minimum absolute atomic E-state index is 0.000742. The van der Waals surface area contributed by atoms with Gasteiger partial charge in [-0.25, -0.2) is 0 Å². The summed E-state index contributed by atoms with van der Waals surface area (Å²) in [5.74, 6) is -5.27. The van der Waals surface area contributed by atoms with Gasteiger partial charge in [0.05, 0.1) is 6.10 Å². The lowest BCUT2D eigenvalue weighted by molar-refractivity contribution is -0.363. The molecule has 0 radical (unpaired) electrons. The Morgan fingerprint density at radius 3 is 2.25 bits per heavy atom. The van der Waals surface area contributed by atoms with E-state index >= 15 is 0 Å². The Labute approximate surface area is 162 Å². The summed E-state index contributed by atoms with van der Waals surface area (Å²) in [6, 6.07) is 0. The Kier molecular flexibility index (Phi) is 4.36. The van der Waals surface area contributed by atoms with Crippen LogP contribution in [-0.4, -0.2) is 34.0 Å². The molecule has 3 saturated carbocycles. The summed E-state index contributed by atoms with van der Waals surface area (Å²) in [6.07, 6.45) is -0.874. The molecule has 28 heavy (non-hydrogen) atoms. The van der Waals surface area contributed by atoms with Crippen LogP contribution in [-0.2, 0) is 0 Å². The van der Waals surface area contributed by atoms with Gasteiger partial charge in [0, 0.05) is 5.41 Å². The first kappa shape index (κ1) is 20.6. The lowest BCUT2D eigenvalue weighted by Gasteiger charge is -2.59. The molecule has 2 nitrogen and oxygen atoms in total. The van der Waals surface area contributed by atoms with Crippen molar-refractivity contribution in [3.8, 4) is 0 Å². The van der Waals surface area contributed by atoms with Gasteiger partial charge in [-0.2, -0.15) is 22.0 Å². The highest BCUT2D eigenvalue weighted by atomic mass is 19.4. The quantitative estimate of drug-likeness (QED) is 0.460. The number of aliphatic hydroxyl groups is 2. The third-order valence-corrected chi connectivity index (χ3v) is 9.10. The first-order chi connectivity index (χ1) is 12.8. The van der Waals surface area contributed by atoms with E-state index in [9.17, 15) is 32.2 Å². The topological polar surface area (TPSA) is 40.5 Å². The SMILES string of the molecule is C[C@]12CCC(O)CC1=CC[C@@H]1[C@H]2CC[C@@]2(C)[C@H]1CCC2(O)C(F)(F)C(F)(F)F. The zero-order valence-corrected chi connectivity index (χ0v) is 16.3. The second-order valence-electron chi connectivity index (χ2n) is 10.1. The molecule has 3 fully saturated rings. The molecule has 0 aromatic carbocycles. The van der Waals surface area contributed by atoms with E-state index in [0.29, 0.717) is 25.7 Å². The van der Waals surface area contributed by atoms with E-state index in [1.807, 2.05) is 0 Å². The van der Waals surface area contributed by atoms with E-state index in [-0.39, 0.29) is 42.1 Å². The molecule has 2 unspecified atom stereocenters. The van der Waals surface area contributed by atoms with E-state index in [2.05, 4.69) is 13.0 Å². The van der Waals surface area contributed by atoms with Gasteiger partial charge in [0.15, 0.2) is 0 Å². The van der Waals surface area contributed by atoms with E-state index < -0.39 is 29.5 Å². The lowest BCUT2D eigenvalue weighted by Crippen LogP contribution is -2.65. The van der Waals surface area contributed by atoms with Gasteiger partial charge >= 0.3 is 12.1 Å². The van der Waals surface area contributed by atoms with Crippen LogP contribution in [0.2, 0.25) is 0 Å². The van der Waals surface area contributed by atoms with Gasteiger partial charge in [0.25, 0.3) is 0 Å². The highest BCUT2D eigenvalue weighted by Gasteiger charge is 2.79. The number of hydrogen-bond donors (Lipinski definition) is 2. The molecule has 0 saturated heterocycles. The van der Waals surface area contributed by atoms with Gasteiger partial charge in [0.1, 0.15) is 5.60 Å². The third-order valence-electron chi connectivity index (χ3n) is 9.10. The number of alkyl halides is 5. The van der Waals surface area contributed by atoms with Crippen molar-refractivity contribution >= 4 is 0 Å². The Morgan fingerprint density at radius 2 is 1.61 bits per heavy atom. The van der Waals surface area contributed by atoms with Crippen molar-refractivity contribution in [3.05, 3.63) is 11.6 Å². The van der Waals surface area contributed by atoms with Crippen molar-refractivity contribution in [2.24, 2.45) is 28.6 Å². The number of rotatable bonds is 1. The van der Waals surface area contributed by atoms with E-state index in [4.69, 9.17) is 0 Å². The lowest BCUT2D eigenvalue weighted by atomic mass is 9.46. The summed E-state index contributed by atoms with van der Waals surface area (Å²) in [6.45, 7) is 3.61. The van der Waals surface area contributed by atoms with Crippen LogP contribution in [0.3, 0.4) is 0 Å². The molecular weight excluding hydrogens is 379 g/mol. The highest BCUT2D eigenvalue weighted by molar-refractivity contribution is 5.27. The van der Waals surface area contributed by atoms with Crippen LogP contribution in [0.15, 0.2) is 11.6 Å². The maximum atomic E-state index is 14.4. The van der Waals surface area contributed by atoms with Crippen molar-refractivity contribution in [2.75, 3.05) is 0 Å². The monoisotopic (exact) mass is 408 g/mol. The standard InChI is InChI=1S/C21H29F5O2/c1-17-8-5-13(27)11-12(17)3-4-14-15(17)6-9-18(2)16(14)7-10-19(18,28)20(22,23)21(24,25)26/h3,13-16,27-28H,4-11H2,1-2H3/t13?,14-,15-,16+,17+,18+,19?/m1/s1. The number of fused-ring (bicyclic) bond motifs is 5. The minimum atomic E-state index is -5.76. The molecule has 7 heteroatoms. The first-order valence-electron chi connectivity index (χ1n) is 10.3. The first-order valence-corrected chi connectivity index (χ1v) is 10.3. The van der Waals surface area contributed by atoms with Crippen LogP contribution in [0.25, 0.3) is 0 Å². The van der Waals surface area contributed by atoms with Crippen LogP contribution in [0.1, 0.15) is 65.2 Å². The van der Waals surface area contributed by atoms with Crippen molar-refractivity contribution in [1.29, 1.82) is 0 Å². The number of allylic oxidation sites excluding steroid dienone is 1. The van der Waals surface area contributed by atoms with Crippen molar-refractivity contribution in [3.63, 3.8) is 0 Å². The van der Waals surface area contributed by atoms with Crippen molar-refractivity contribution < 1.29 is 32.2 Å². The van der Waals surface area contributed by atoms with E-state index in [1.54, 1.807) is 0 Å². The molecule has 4 aliphatic rings. The second-order valence-corrected chi connectivity index (χ2v) is 10.1. The summed E-state index contributed by atoms with van der Waals surface area (Å²) in [5, 5.41) is 20.8. The molecular formula is C21H29F5O2. The fraction of sp³-hybridized carbons (Fsp3) is 0.905. The van der Waals surface area contributed by atoms with Crippen LogP contribution >= 0.6 is 0 Å². The van der Waals surface area contributed by atoms with Crippen molar-refractivity contribution in [1.82, 2.24) is 0 Å². The molecule has 160 valence electrons. The zero-order chi connectivity index (χ0) is 20.8. The van der Waals surface area contributed by atoms with Crippen molar-refractivity contribution in [2.45, 2.75) is 89.0 Å². The Hall–Kier alpha value is -0.690. The second kappa shape index (κ2) is 5.93. The molecule has 2 N–H and O–H groups in total. The predicted molar refractivity (Wildman–Crippen MR) is 93.7 cm³/mol. The van der Waals surface area contributed by atoms with Gasteiger partial charge in [0.2, 0.25) is 0 Å². The summed E-state index contributed by atoms with van der Waals surface area (Å²) in [5.41, 5.74) is -3.42. The van der Waals surface area contributed by atoms with Crippen LogP contribution < -0.4 is 0 Å². The maximum Gasteiger partial charge on any atom is 0.456 e. The van der Waals surface area contributed by atoms with Crippen LogP contribution in [0.4, 0.5) is 22.0 Å². The van der Waals surface area contributed by atoms with Gasteiger partial charge in [-0.15, -0.1) is 0 Å². The van der Waals surface area contributed by atoms with Gasteiger partial charge in [-0.3, -0.25) is 0 Å². The smallest absolute Gasteiger partial charge is 0.393 e. The minimum Gasteiger partial charge on any atom is -0.393 e. The third kappa shape index (κ3) is 2.38. The van der Waals surface area contributed by atoms with Crippen LogP contribution in [0.5, 0.6) is 0 Å². The molecule has 0 aromatic rings. The number of halogens is 5. The number of aliphatic hydroxyl groups excluding tert-OH is 1. The van der Waals surface area contributed by atoms with Gasteiger partial charge in [-0.1, -0.05) is 25.5 Å². The fourth-order valence-electron chi connectivity index (χ4n) is 7.41. The maximum absolute atomic E-state index is 14.4. The molecule has 7 atom stereocenters. The van der Waals surface area contributed by atoms with Gasteiger partial charge in [-0.05, 0) is 74.5 Å². The molecule has 0 aromatic heterocycles. The highest BCUT2D eigenvalue weighted by Crippen LogP contribution is 2.70. The average Bonchev–Trinajstić information content (AvgIpc) is 2.87. The van der Waals surface area contributed by atoms with Gasteiger partial charge < -0.3 is 10.2 Å². The molecule has 0 bridgehead atoms. The fourth-order valence-corrected chi connectivity index (χ4v) is 7.41. The molecule has 0 aliphatic heterocycles. The molecule has 0 heterocycles. The summed E-state index contributed by atoms with van der Waals surface area (Å²) >= 11 is 0. The molecule has 0 amide bonds. The summed E-state index contributed by atoms with van der Waals surface area (Å²) in [7, 11) is 0. The van der Waals surface area contributed by atoms with Crippen LogP contribution in [0, 0.1) is 28.6 Å². The molecule has 0 spiro atoms. The largest absolute Gasteiger partial charge is 0.456 e. The summed E-state index contributed by atoms with van der Waals surface area (Å²) in [4.78, 5) is 0. The predicted octanol–water partition coefficient (Wildman–Crippen LogP) is 5.24. The Bertz CT molecular complexity index is 689. The Morgan fingerprint density at radius 1 is 0.964 bits per heavy atom. The number of hydrogen-bond acceptors (Lipinski definition) is 2. The van der Waals surface area contributed by atoms with E-state index in [0.717, 1.165) is 6.42 Å². The average molecular weight is 408 g/mol. The zero-order valence-electron chi connectivity index (χ0n) is 16.3. The summed E-state index contributed by atoms with van der Waals surface area (Å²) < 4.78 is 68.4. The molecule has 4 aliphatic carbocycles. The molecule has 4 rings (SSSR count). The normalized spacial score (nSPS) is 49.1. The Balaban J connectivity index is 1.70. The van der Waals surface area contributed by atoms with E-state index in [1.165, 1.54) is 12.5 Å².